The van der Waals surface area contributed by atoms with Gasteiger partial charge in [0.2, 0.25) is 0 Å². The Bertz CT molecular complexity index is 369. The van der Waals surface area contributed by atoms with Crippen molar-refractivity contribution in [3.05, 3.63) is 15.6 Å². The number of methoxy groups -OCH3 is 1. The number of nitrogens with zero attached hydrogens (tertiary/aromatic N) is 1. The number of ether oxygens (including phenoxy) is 1. The lowest BCUT2D eigenvalue weighted by molar-refractivity contribution is 0.0594. The summed E-state index contributed by atoms with van der Waals surface area (Å²) in [5, 5.41) is 1.57. The maximum absolute atomic E-state index is 11.4. The molecule has 0 aliphatic carbocycles. The first-order valence-corrected chi connectivity index (χ1v) is 6.76. The minimum atomic E-state index is -0.321. The van der Waals surface area contributed by atoms with Crippen molar-refractivity contribution in [1.82, 2.24) is 4.98 Å². The molecular formula is C10H13NO2S2. The van der Waals surface area contributed by atoms with Gasteiger partial charge in [-0.05, 0) is 25.5 Å². The summed E-state index contributed by atoms with van der Waals surface area (Å²) >= 11 is 3.56. The third-order valence-corrected chi connectivity index (χ3v) is 5.02. The van der Waals surface area contributed by atoms with Crippen LogP contribution in [0, 0.1) is 6.92 Å². The zero-order chi connectivity index (χ0) is 10.8. The van der Waals surface area contributed by atoms with E-state index in [1.807, 2.05) is 18.7 Å². The molecule has 0 N–H and O–H groups in total. The van der Waals surface area contributed by atoms with E-state index in [4.69, 9.17) is 4.74 Å². The van der Waals surface area contributed by atoms with Crippen LogP contribution in [0.15, 0.2) is 0 Å². The van der Waals surface area contributed by atoms with Crippen molar-refractivity contribution < 1.29 is 9.53 Å². The summed E-state index contributed by atoms with van der Waals surface area (Å²) in [7, 11) is 1.39. The van der Waals surface area contributed by atoms with E-state index in [2.05, 4.69) is 4.98 Å². The number of carbonyl (C=O) groups is 1. The number of aryl methyl sites for hydroxylation is 1. The molecule has 3 nitrogen and oxygen atoms in total. The summed E-state index contributed by atoms with van der Waals surface area (Å²) in [5.41, 5.74) is 0.491. The Morgan fingerprint density at radius 1 is 1.60 bits per heavy atom. The van der Waals surface area contributed by atoms with Gasteiger partial charge >= 0.3 is 5.97 Å². The van der Waals surface area contributed by atoms with Crippen LogP contribution in [-0.4, -0.2) is 23.8 Å². The predicted octanol–water partition coefficient (Wildman–Crippen LogP) is 2.81. The van der Waals surface area contributed by atoms with Crippen LogP contribution in [-0.2, 0) is 4.74 Å². The van der Waals surface area contributed by atoms with Crippen molar-refractivity contribution in [2.24, 2.45) is 0 Å². The SMILES string of the molecule is COC(=O)c1nc(C2CCCS2)sc1C. The summed E-state index contributed by atoms with van der Waals surface area (Å²) in [5.74, 6) is 0.884. The number of thioether (sulfide) groups is 1. The van der Waals surface area contributed by atoms with E-state index in [9.17, 15) is 4.79 Å². The van der Waals surface area contributed by atoms with Gasteiger partial charge in [-0.2, -0.15) is 11.8 Å². The van der Waals surface area contributed by atoms with Crippen LogP contribution in [0.3, 0.4) is 0 Å². The summed E-state index contributed by atoms with van der Waals surface area (Å²) in [6.07, 6.45) is 2.43. The third-order valence-electron chi connectivity index (χ3n) is 2.40. The monoisotopic (exact) mass is 243 g/mol. The van der Waals surface area contributed by atoms with Crippen LogP contribution in [0.1, 0.15) is 38.5 Å². The Kier molecular flexibility index (Phi) is 3.31. The first-order valence-electron chi connectivity index (χ1n) is 4.89. The van der Waals surface area contributed by atoms with Crippen LogP contribution in [0.5, 0.6) is 0 Å². The molecule has 1 unspecified atom stereocenters. The Morgan fingerprint density at radius 3 is 3.00 bits per heavy atom. The quantitative estimate of drug-likeness (QED) is 0.749. The Morgan fingerprint density at radius 2 is 2.40 bits per heavy atom. The highest BCUT2D eigenvalue weighted by Gasteiger charge is 2.24. The summed E-state index contributed by atoms with van der Waals surface area (Å²) in [4.78, 5) is 16.7. The summed E-state index contributed by atoms with van der Waals surface area (Å²) in [6.45, 7) is 1.92. The fraction of sp³-hybridized carbons (Fsp3) is 0.600. The number of hydrogen-bond donors (Lipinski definition) is 0. The first kappa shape index (κ1) is 11.0. The van der Waals surface area contributed by atoms with Crippen molar-refractivity contribution in [2.45, 2.75) is 25.0 Å². The number of esters is 1. The van der Waals surface area contributed by atoms with Gasteiger partial charge in [-0.3, -0.25) is 0 Å². The van der Waals surface area contributed by atoms with Gasteiger partial charge < -0.3 is 4.74 Å². The highest BCUT2D eigenvalue weighted by atomic mass is 32.2. The summed E-state index contributed by atoms with van der Waals surface area (Å²) in [6, 6.07) is 0. The molecule has 1 aliphatic rings. The molecule has 1 atom stereocenters. The third kappa shape index (κ3) is 2.18. The van der Waals surface area contributed by atoms with Crippen molar-refractivity contribution in [3.8, 4) is 0 Å². The van der Waals surface area contributed by atoms with Gasteiger partial charge in [0.1, 0.15) is 5.01 Å². The zero-order valence-electron chi connectivity index (χ0n) is 8.78. The van der Waals surface area contributed by atoms with Gasteiger partial charge in [0.15, 0.2) is 5.69 Å². The maximum Gasteiger partial charge on any atom is 0.357 e. The lowest BCUT2D eigenvalue weighted by Crippen LogP contribution is -2.03. The molecule has 1 fully saturated rings. The zero-order valence-corrected chi connectivity index (χ0v) is 10.4. The van der Waals surface area contributed by atoms with Crippen LogP contribution in [0.2, 0.25) is 0 Å². The first-order chi connectivity index (χ1) is 7.22. The van der Waals surface area contributed by atoms with Crippen LogP contribution < -0.4 is 0 Å². The molecule has 2 rings (SSSR count). The van der Waals surface area contributed by atoms with E-state index in [0.29, 0.717) is 10.9 Å². The minimum Gasteiger partial charge on any atom is -0.464 e. The largest absolute Gasteiger partial charge is 0.464 e. The average Bonchev–Trinajstić information content (AvgIpc) is 2.84. The second-order valence-electron chi connectivity index (χ2n) is 3.45. The topological polar surface area (TPSA) is 39.2 Å². The number of rotatable bonds is 2. The van der Waals surface area contributed by atoms with Gasteiger partial charge in [-0.1, -0.05) is 0 Å². The fourth-order valence-electron chi connectivity index (χ4n) is 1.61. The molecule has 1 aromatic heterocycles. The lowest BCUT2D eigenvalue weighted by Gasteiger charge is -2.01. The van der Waals surface area contributed by atoms with Gasteiger partial charge in [0.25, 0.3) is 0 Å². The van der Waals surface area contributed by atoms with Gasteiger partial charge in [0, 0.05) is 4.88 Å². The van der Waals surface area contributed by atoms with Crippen LogP contribution in [0.4, 0.5) is 0 Å². The van der Waals surface area contributed by atoms with E-state index in [0.717, 1.165) is 9.88 Å². The molecule has 15 heavy (non-hydrogen) atoms. The Hall–Kier alpha value is -0.550. The number of thiazole rings is 1. The molecule has 0 aromatic carbocycles. The average molecular weight is 243 g/mol. The molecular weight excluding hydrogens is 230 g/mol. The molecule has 1 aromatic rings. The molecule has 1 aliphatic heterocycles. The highest BCUT2D eigenvalue weighted by Crippen LogP contribution is 2.41. The predicted molar refractivity (Wildman–Crippen MR) is 62.6 cm³/mol. The van der Waals surface area contributed by atoms with Crippen molar-refractivity contribution in [1.29, 1.82) is 0 Å². The van der Waals surface area contributed by atoms with E-state index in [1.54, 1.807) is 11.3 Å². The highest BCUT2D eigenvalue weighted by molar-refractivity contribution is 7.99. The maximum atomic E-state index is 11.4. The van der Waals surface area contributed by atoms with Crippen LogP contribution in [0.25, 0.3) is 0 Å². The van der Waals surface area contributed by atoms with E-state index in [1.165, 1.54) is 25.7 Å². The number of aromatic nitrogens is 1. The van der Waals surface area contributed by atoms with Gasteiger partial charge in [-0.25, -0.2) is 9.78 Å². The lowest BCUT2D eigenvalue weighted by atomic mass is 10.2. The van der Waals surface area contributed by atoms with Crippen molar-refractivity contribution in [3.63, 3.8) is 0 Å². The standard InChI is InChI=1S/C10H13NO2S2/c1-6-8(10(12)13-2)11-9(15-6)7-4-3-5-14-7/h7H,3-5H2,1-2H3. The normalized spacial score (nSPS) is 20.5. The molecule has 0 spiro atoms. The van der Waals surface area contributed by atoms with Gasteiger partial charge in [-0.15, -0.1) is 11.3 Å². The number of hydrogen-bond acceptors (Lipinski definition) is 5. The Balaban J connectivity index is 2.23. The molecule has 82 valence electrons. The minimum absolute atomic E-state index is 0.321. The molecule has 1 saturated heterocycles. The van der Waals surface area contributed by atoms with E-state index in [-0.39, 0.29) is 5.97 Å². The van der Waals surface area contributed by atoms with Crippen molar-refractivity contribution >= 4 is 29.1 Å². The summed E-state index contributed by atoms with van der Waals surface area (Å²) < 4.78 is 4.69. The molecule has 0 bridgehead atoms. The fourth-order valence-corrected chi connectivity index (χ4v) is 4.03. The van der Waals surface area contributed by atoms with E-state index < -0.39 is 0 Å². The van der Waals surface area contributed by atoms with E-state index >= 15 is 0 Å². The molecule has 0 radical (unpaired) electrons. The molecule has 0 saturated carbocycles. The number of carbonyl (C=O) groups excluding carboxylic acids is 1. The second-order valence-corrected chi connectivity index (χ2v) is 6.00. The molecule has 2 heterocycles. The van der Waals surface area contributed by atoms with Gasteiger partial charge in [0.05, 0.1) is 12.4 Å². The smallest absolute Gasteiger partial charge is 0.357 e. The second kappa shape index (κ2) is 4.53. The van der Waals surface area contributed by atoms with Crippen molar-refractivity contribution in [2.75, 3.05) is 12.9 Å². The molecule has 5 heteroatoms. The molecule has 0 amide bonds. The van der Waals surface area contributed by atoms with Crippen LogP contribution >= 0.6 is 23.1 Å². The Labute approximate surface area is 97.2 Å².